The predicted octanol–water partition coefficient (Wildman–Crippen LogP) is 7.13. The van der Waals surface area contributed by atoms with Crippen molar-refractivity contribution in [1.82, 2.24) is 0 Å². The molecule has 0 fully saturated rings. The molecule has 6 heteroatoms. The molecule has 0 aliphatic heterocycles. The second-order valence-electron chi connectivity index (χ2n) is 6.53. The molecule has 0 atom stereocenters. The number of hydrogen-bond donors (Lipinski definition) is 0. The first kappa shape index (κ1) is 19.5. The van der Waals surface area contributed by atoms with Crippen molar-refractivity contribution in [2.45, 2.75) is 0 Å². The van der Waals surface area contributed by atoms with Crippen LogP contribution in [0, 0.1) is 23.3 Å². The van der Waals surface area contributed by atoms with Crippen LogP contribution >= 0.6 is 0 Å². The second-order valence-corrected chi connectivity index (χ2v) is 6.53. The zero-order valence-electron chi connectivity index (χ0n) is 15.6. The van der Waals surface area contributed by atoms with Gasteiger partial charge in [0.05, 0.1) is 22.7 Å². The van der Waals surface area contributed by atoms with Gasteiger partial charge in [0.25, 0.3) is 0 Å². The average molecular weight is 408 g/mol. The van der Waals surface area contributed by atoms with E-state index < -0.39 is 23.3 Å². The van der Waals surface area contributed by atoms with E-state index in [-0.39, 0.29) is 0 Å². The van der Waals surface area contributed by atoms with Crippen molar-refractivity contribution in [3.05, 3.63) is 120 Å². The Labute approximate surface area is 171 Å². The second kappa shape index (κ2) is 8.29. The van der Waals surface area contributed by atoms with Gasteiger partial charge < -0.3 is 0 Å². The van der Waals surface area contributed by atoms with Crippen molar-refractivity contribution >= 4 is 22.7 Å². The van der Waals surface area contributed by atoms with E-state index in [9.17, 15) is 17.6 Å². The summed E-state index contributed by atoms with van der Waals surface area (Å²) in [6.45, 7) is 0. The van der Waals surface area contributed by atoms with Gasteiger partial charge in [-0.1, -0.05) is 0 Å². The molecule has 0 radical (unpaired) electrons. The Bertz CT molecular complexity index is 926. The number of nitrogens with zero attached hydrogens (tertiary/aromatic N) is 2. The first-order valence-corrected chi connectivity index (χ1v) is 9.14. The minimum atomic E-state index is -0.409. The normalized spacial score (nSPS) is 10.7. The van der Waals surface area contributed by atoms with Gasteiger partial charge in [-0.05, 0) is 97.1 Å². The van der Waals surface area contributed by atoms with E-state index >= 15 is 0 Å². The average Bonchev–Trinajstić information content (AvgIpc) is 2.75. The van der Waals surface area contributed by atoms with E-state index in [1.165, 1.54) is 48.5 Å². The lowest BCUT2D eigenvalue weighted by Crippen LogP contribution is -2.35. The minimum Gasteiger partial charge on any atom is -0.249 e. The van der Waals surface area contributed by atoms with Gasteiger partial charge in [-0.3, -0.25) is 0 Å². The highest BCUT2D eigenvalue weighted by Crippen LogP contribution is 2.36. The fraction of sp³-hybridized carbons (Fsp3) is 0. The molecule has 0 aliphatic carbocycles. The number of anilines is 4. The van der Waals surface area contributed by atoms with Crippen LogP contribution in [0.5, 0.6) is 0 Å². The van der Waals surface area contributed by atoms with E-state index in [0.29, 0.717) is 22.7 Å². The summed E-state index contributed by atoms with van der Waals surface area (Å²) in [4.78, 5) is 0. The van der Waals surface area contributed by atoms with E-state index in [2.05, 4.69) is 0 Å². The van der Waals surface area contributed by atoms with Crippen LogP contribution in [0.15, 0.2) is 97.1 Å². The van der Waals surface area contributed by atoms with Gasteiger partial charge in [0.2, 0.25) is 0 Å². The Balaban J connectivity index is 1.93. The number of benzene rings is 4. The smallest absolute Gasteiger partial charge is 0.123 e. The molecule has 30 heavy (non-hydrogen) atoms. The first-order chi connectivity index (χ1) is 14.5. The molecule has 0 saturated heterocycles. The highest BCUT2D eigenvalue weighted by atomic mass is 19.1. The maximum Gasteiger partial charge on any atom is 0.123 e. The standard InChI is InChI=1S/C24H16F4N2/c25-17-1-9-21(10-2-17)29(22-11-3-18(26)4-12-22)30(23-13-5-19(27)6-14-23)24-15-7-20(28)8-16-24/h1-16H. The molecule has 0 N–H and O–H groups in total. The molecule has 0 aromatic heterocycles. The summed E-state index contributed by atoms with van der Waals surface area (Å²) in [6.07, 6.45) is 0. The molecule has 0 saturated carbocycles. The van der Waals surface area contributed by atoms with Crippen molar-refractivity contribution in [1.29, 1.82) is 0 Å². The SMILES string of the molecule is Fc1ccc(N(c2ccc(F)cc2)N(c2ccc(F)cc2)c2ccc(F)cc2)cc1. The molecular weight excluding hydrogens is 392 g/mol. The van der Waals surface area contributed by atoms with E-state index in [4.69, 9.17) is 0 Å². The van der Waals surface area contributed by atoms with Crippen LogP contribution in [0.2, 0.25) is 0 Å². The lowest BCUT2D eigenvalue weighted by atomic mass is 10.2. The third kappa shape index (κ3) is 4.12. The number of halogens is 4. The van der Waals surface area contributed by atoms with Crippen LogP contribution in [0.25, 0.3) is 0 Å². The molecule has 4 aromatic rings. The fourth-order valence-corrected chi connectivity index (χ4v) is 3.09. The van der Waals surface area contributed by atoms with Crippen molar-refractivity contribution in [3.8, 4) is 0 Å². The summed E-state index contributed by atoms with van der Waals surface area (Å²) < 4.78 is 54.3. The monoisotopic (exact) mass is 408 g/mol. The molecule has 0 bridgehead atoms. The maximum absolute atomic E-state index is 13.6. The molecule has 0 amide bonds. The largest absolute Gasteiger partial charge is 0.249 e. The van der Waals surface area contributed by atoms with Crippen molar-refractivity contribution in [2.75, 3.05) is 10.0 Å². The first-order valence-electron chi connectivity index (χ1n) is 9.14. The van der Waals surface area contributed by atoms with Crippen LogP contribution in [-0.4, -0.2) is 0 Å². The van der Waals surface area contributed by atoms with Crippen LogP contribution in [-0.2, 0) is 0 Å². The van der Waals surface area contributed by atoms with Crippen LogP contribution in [0.3, 0.4) is 0 Å². The molecule has 0 unspecified atom stereocenters. The van der Waals surface area contributed by atoms with E-state index in [1.807, 2.05) is 0 Å². The van der Waals surface area contributed by atoms with Crippen LogP contribution in [0.4, 0.5) is 40.3 Å². The summed E-state index contributed by atoms with van der Waals surface area (Å²) in [5, 5.41) is 3.42. The summed E-state index contributed by atoms with van der Waals surface area (Å²) >= 11 is 0. The van der Waals surface area contributed by atoms with Crippen LogP contribution < -0.4 is 10.0 Å². The van der Waals surface area contributed by atoms with E-state index in [0.717, 1.165) is 0 Å². The van der Waals surface area contributed by atoms with Crippen molar-refractivity contribution < 1.29 is 17.6 Å². The molecule has 2 nitrogen and oxygen atoms in total. The Kier molecular flexibility index (Phi) is 5.39. The van der Waals surface area contributed by atoms with Gasteiger partial charge in [-0.2, -0.15) is 0 Å². The lowest BCUT2D eigenvalue weighted by Gasteiger charge is -2.38. The van der Waals surface area contributed by atoms with Crippen molar-refractivity contribution in [3.63, 3.8) is 0 Å². The zero-order valence-corrected chi connectivity index (χ0v) is 15.6. The van der Waals surface area contributed by atoms with Gasteiger partial charge in [0.1, 0.15) is 23.3 Å². The van der Waals surface area contributed by atoms with Gasteiger partial charge >= 0.3 is 0 Å². The molecule has 150 valence electrons. The fourth-order valence-electron chi connectivity index (χ4n) is 3.09. The number of hydrogen-bond acceptors (Lipinski definition) is 2. The summed E-state index contributed by atoms with van der Waals surface area (Å²) in [5.41, 5.74) is 2.27. The van der Waals surface area contributed by atoms with E-state index in [1.54, 1.807) is 58.5 Å². The third-order valence-electron chi connectivity index (χ3n) is 4.48. The predicted molar refractivity (Wildman–Crippen MR) is 110 cm³/mol. The zero-order chi connectivity index (χ0) is 21.1. The minimum absolute atomic E-state index is 0.409. The summed E-state index contributed by atoms with van der Waals surface area (Å²) in [6, 6.07) is 23.0. The Morgan fingerprint density at radius 2 is 0.467 bits per heavy atom. The summed E-state index contributed by atoms with van der Waals surface area (Å²) in [5.74, 6) is -1.64. The maximum atomic E-state index is 13.6. The molecule has 0 spiro atoms. The Morgan fingerprint density at radius 1 is 0.300 bits per heavy atom. The third-order valence-corrected chi connectivity index (χ3v) is 4.48. The topological polar surface area (TPSA) is 6.48 Å². The Hall–Kier alpha value is -3.80. The Morgan fingerprint density at radius 3 is 0.633 bits per heavy atom. The molecule has 0 aliphatic rings. The van der Waals surface area contributed by atoms with Gasteiger partial charge in [-0.25, -0.2) is 27.6 Å². The van der Waals surface area contributed by atoms with Gasteiger partial charge in [0, 0.05) is 0 Å². The highest BCUT2D eigenvalue weighted by molar-refractivity contribution is 5.77. The quantitative estimate of drug-likeness (QED) is 0.256. The number of hydrazine groups is 1. The lowest BCUT2D eigenvalue weighted by molar-refractivity contribution is 0.626. The molecular formula is C24H16F4N2. The highest BCUT2D eigenvalue weighted by Gasteiger charge is 2.22. The van der Waals surface area contributed by atoms with Gasteiger partial charge in [-0.15, -0.1) is 0 Å². The van der Waals surface area contributed by atoms with Crippen molar-refractivity contribution in [2.24, 2.45) is 0 Å². The molecule has 0 heterocycles. The van der Waals surface area contributed by atoms with Gasteiger partial charge in [0.15, 0.2) is 0 Å². The molecule has 4 rings (SSSR count). The van der Waals surface area contributed by atoms with Crippen LogP contribution in [0.1, 0.15) is 0 Å². The summed E-state index contributed by atoms with van der Waals surface area (Å²) in [7, 11) is 0. The number of rotatable bonds is 5. The molecule has 4 aromatic carbocycles.